The van der Waals surface area contributed by atoms with Gasteiger partial charge < -0.3 is 20.1 Å². The second-order valence-electron chi connectivity index (χ2n) is 6.19. The van der Waals surface area contributed by atoms with Crippen LogP contribution in [0.15, 0.2) is 36.4 Å². The van der Waals surface area contributed by atoms with Crippen molar-refractivity contribution in [3.8, 4) is 11.5 Å². The highest BCUT2D eigenvalue weighted by Crippen LogP contribution is 2.22. The topological polar surface area (TPSA) is 135 Å². The van der Waals surface area contributed by atoms with Gasteiger partial charge in [-0.1, -0.05) is 23.2 Å². The third-order valence-electron chi connectivity index (χ3n) is 3.96. The molecule has 0 radical (unpaired) electrons. The van der Waals surface area contributed by atoms with Gasteiger partial charge >= 0.3 is 0 Å². The summed E-state index contributed by atoms with van der Waals surface area (Å²) in [7, 11) is 2.88. The highest BCUT2D eigenvalue weighted by Gasteiger charge is 2.14. The van der Waals surface area contributed by atoms with Gasteiger partial charge in [-0.05, 0) is 30.3 Å². The molecule has 4 N–H and O–H groups in total. The Hall–Kier alpha value is -3.50. The second kappa shape index (κ2) is 11.8. The Morgan fingerprint density at radius 3 is 2.00 bits per heavy atom. The highest BCUT2D eigenvalue weighted by molar-refractivity contribution is 6.36. The summed E-state index contributed by atoms with van der Waals surface area (Å²) in [5.74, 6) is -1.71. The first-order valence-corrected chi connectivity index (χ1v) is 9.81. The molecule has 32 heavy (non-hydrogen) atoms. The third-order valence-corrected chi connectivity index (χ3v) is 4.51. The Morgan fingerprint density at radius 1 is 0.781 bits per heavy atom. The molecule has 0 aliphatic carbocycles. The Kier molecular flexibility index (Phi) is 9.11. The van der Waals surface area contributed by atoms with Crippen molar-refractivity contribution in [2.45, 2.75) is 0 Å². The van der Waals surface area contributed by atoms with Crippen molar-refractivity contribution < 1.29 is 28.7 Å². The summed E-state index contributed by atoms with van der Waals surface area (Å²) in [4.78, 5) is 48.0. The molecule has 0 bridgehead atoms. The van der Waals surface area contributed by atoms with Crippen LogP contribution in [0.5, 0.6) is 11.5 Å². The van der Waals surface area contributed by atoms with Crippen molar-refractivity contribution in [2.75, 3.05) is 27.3 Å². The van der Waals surface area contributed by atoms with Crippen LogP contribution < -0.4 is 31.0 Å². The van der Waals surface area contributed by atoms with Crippen LogP contribution in [0.25, 0.3) is 0 Å². The minimum atomic E-state index is -0.686. The standard InChI is InChI=1S/C20H20Cl2N4O6/c1-31-13-5-11(6-14(8-13)32-2)19(29)26-25-18(28)10-23-17(27)9-24-20(30)15-4-3-12(21)7-16(15)22/h3-8H,9-10H2,1-2H3,(H,23,27)(H,24,30)(H,25,28)(H,26,29). The number of methoxy groups -OCH3 is 2. The summed E-state index contributed by atoms with van der Waals surface area (Å²) < 4.78 is 10.2. The third kappa shape index (κ3) is 7.33. The predicted octanol–water partition coefficient (Wildman–Crippen LogP) is 1.32. The molecule has 2 rings (SSSR count). The number of carbonyl (C=O) groups is 4. The first-order valence-electron chi connectivity index (χ1n) is 9.05. The summed E-state index contributed by atoms with van der Waals surface area (Å²) >= 11 is 11.7. The maximum absolute atomic E-state index is 12.2. The Morgan fingerprint density at radius 2 is 1.41 bits per heavy atom. The molecule has 0 aromatic heterocycles. The molecule has 12 heteroatoms. The van der Waals surface area contributed by atoms with Crippen molar-refractivity contribution in [3.63, 3.8) is 0 Å². The summed E-state index contributed by atoms with van der Waals surface area (Å²) in [6, 6.07) is 8.82. The molecular formula is C20H20Cl2N4O6. The van der Waals surface area contributed by atoms with Gasteiger partial charge in [-0.25, -0.2) is 0 Å². The van der Waals surface area contributed by atoms with Crippen LogP contribution in [0.1, 0.15) is 20.7 Å². The zero-order valence-corrected chi connectivity index (χ0v) is 18.6. The fraction of sp³-hybridized carbons (Fsp3) is 0.200. The van der Waals surface area contributed by atoms with Gasteiger partial charge in [-0.3, -0.25) is 30.0 Å². The molecule has 0 unspecified atom stereocenters. The van der Waals surface area contributed by atoms with Crippen molar-refractivity contribution in [1.82, 2.24) is 21.5 Å². The van der Waals surface area contributed by atoms with E-state index in [2.05, 4.69) is 21.5 Å². The van der Waals surface area contributed by atoms with Crippen LogP contribution in [0.3, 0.4) is 0 Å². The van der Waals surface area contributed by atoms with E-state index in [1.165, 1.54) is 44.6 Å². The largest absolute Gasteiger partial charge is 0.497 e. The van der Waals surface area contributed by atoms with E-state index < -0.39 is 30.2 Å². The number of rotatable bonds is 8. The number of carbonyl (C=O) groups excluding carboxylic acids is 4. The number of halogens is 2. The molecule has 0 atom stereocenters. The van der Waals surface area contributed by atoms with Gasteiger partial charge in [0.2, 0.25) is 5.91 Å². The lowest BCUT2D eigenvalue weighted by atomic mass is 10.2. The molecular weight excluding hydrogens is 463 g/mol. The first-order chi connectivity index (χ1) is 15.2. The van der Waals surface area contributed by atoms with Gasteiger partial charge in [0, 0.05) is 16.7 Å². The van der Waals surface area contributed by atoms with E-state index in [-0.39, 0.29) is 22.7 Å². The fourth-order valence-corrected chi connectivity index (χ4v) is 2.85. The zero-order valence-electron chi connectivity index (χ0n) is 17.1. The maximum atomic E-state index is 12.2. The number of hydrazine groups is 1. The number of nitrogens with one attached hydrogen (secondary N) is 4. The van der Waals surface area contributed by atoms with E-state index in [0.717, 1.165) is 0 Å². The summed E-state index contributed by atoms with van der Waals surface area (Å²) in [5, 5.41) is 5.18. The number of hydrogen-bond acceptors (Lipinski definition) is 6. The van der Waals surface area contributed by atoms with Crippen LogP contribution in [0.4, 0.5) is 0 Å². The van der Waals surface area contributed by atoms with E-state index >= 15 is 0 Å². The number of amides is 4. The van der Waals surface area contributed by atoms with Gasteiger partial charge in [0.05, 0.1) is 37.9 Å². The lowest BCUT2D eigenvalue weighted by Crippen LogP contribution is -2.47. The highest BCUT2D eigenvalue weighted by atomic mass is 35.5. The molecule has 0 heterocycles. The van der Waals surface area contributed by atoms with E-state index in [1.54, 1.807) is 6.07 Å². The van der Waals surface area contributed by atoms with Crippen LogP contribution >= 0.6 is 23.2 Å². The number of ether oxygens (including phenoxy) is 2. The van der Waals surface area contributed by atoms with Crippen molar-refractivity contribution in [1.29, 1.82) is 0 Å². The van der Waals surface area contributed by atoms with E-state index in [0.29, 0.717) is 16.5 Å². The average Bonchev–Trinajstić information content (AvgIpc) is 2.79. The molecule has 170 valence electrons. The van der Waals surface area contributed by atoms with Crippen molar-refractivity contribution >= 4 is 46.8 Å². The van der Waals surface area contributed by atoms with E-state index in [4.69, 9.17) is 32.7 Å². The Balaban J connectivity index is 1.76. The Bertz CT molecular complexity index is 1010. The second-order valence-corrected chi connectivity index (χ2v) is 7.03. The predicted molar refractivity (Wildman–Crippen MR) is 117 cm³/mol. The molecule has 0 aliphatic rings. The average molecular weight is 483 g/mol. The van der Waals surface area contributed by atoms with Gasteiger partial charge in [0.1, 0.15) is 11.5 Å². The zero-order chi connectivity index (χ0) is 23.7. The number of hydrogen-bond donors (Lipinski definition) is 4. The Labute approximate surface area is 193 Å². The van der Waals surface area contributed by atoms with Crippen LogP contribution in [-0.2, 0) is 9.59 Å². The summed E-state index contributed by atoms with van der Waals surface area (Å²) in [6.45, 7) is -0.820. The van der Waals surface area contributed by atoms with Gasteiger partial charge in [-0.15, -0.1) is 0 Å². The van der Waals surface area contributed by atoms with Gasteiger partial charge in [0.15, 0.2) is 0 Å². The summed E-state index contributed by atoms with van der Waals surface area (Å²) in [5.41, 5.74) is 4.71. The van der Waals surface area contributed by atoms with Gasteiger partial charge in [-0.2, -0.15) is 0 Å². The van der Waals surface area contributed by atoms with Crippen LogP contribution in [-0.4, -0.2) is 50.9 Å². The monoisotopic (exact) mass is 482 g/mol. The van der Waals surface area contributed by atoms with Gasteiger partial charge in [0.25, 0.3) is 17.7 Å². The quantitative estimate of drug-likeness (QED) is 0.419. The molecule has 2 aromatic carbocycles. The van der Waals surface area contributed by atoms with E-state index in [9.17, 15) is 19.2 Å². The minimum Gasteiger partial charge on any atom is -0.497 e. The normalized spacial score (nSPS) is 10.0. The molecule has 0 saturated carbocycles. The number of benzene rings is 2. The molecule has 0 aliphatic heterocycles. The molecule has 2 aromatic rings. The smallest absolute Gasteiger partial charge is 0.269 e. The SMILES string of the molecule is COc1cc(OC)cc(C(=O)NNC(=O)CNC(=O)CNC(=O)c2ccc(Cl)cc2Cl)c1. The molecule has 10 nitrogen and oxygen atoms in total. The first kappa shape index (κ1) is 24.8. The molecule has 4 amide bonds. The fourth-order valence-electron chi connectivity index (χ4n) is 2.35. The molecule has 0 spiro atoms. The van der Waals surface area contributed by atoms with Crippen LogP contribution in [0.2, 0.25) is 10.0 Å². The van der Waals surface area contributed by atoms with Crippen molar-refractivity contribution in [2.24, 2.45) is 0 Å². The minimum absolute atomic E-state index is 0.138. The van der Waals surface area contributed by atoms with Crippen molar-refractivity contribution in [3.05, 3.63) is 57.6 Å². The van der Waals surface area contributed by atoms with E-state index in [1.807, 2.05) is 0 Å². The lowest BCUT2D eigenvalue weighted by Gasteiger charge is -2.11. The summed E-state index contributed by atoms with van der Waals surface area (Å²) in [6.07, 6.45) is 0. The van der Waals surface area contributed by atoms with Crippen LogP contribution in [0, 0.1) is 0 Å². The molecule has 0 fully saturated rings. The lowest BCUT2D eigenvalue weighted by molar-refractivity contribution is -0.125. The molecule has 0 saturated heterocycles. The maximum Gasteiger partial charge on any atom is 0.269 e.